The van der Waals surface area contributed by atoms with Gasteiger partial charge in [0.05, 0.1) is 11.7 Å². The summed E-state index contributed by atoms with van der Waals surface area (Å²) in [7, 11) is 0. The first-order valence-corrected chi connectivity index (χ1v) is 7.64. The Balaban J connectivity index is 2.15. The molecule has 1 heterocycles. The van der Waals surface area contributed by atoms with Gasteiger partial charge in [-0.1, -0.05) is 0 Å². The smallest absolute Gasteiger partial charge is 0.254 e. The summed E-state index contributed by atoms with van der Waals surface area (Å²) in [5.74, 6) is 0.352. The molecule has 0 spiro atoms. The number of aliphatic hydroxyl groups excluding tert-OH is 1. The summed E-state index contributed by atoms with van der Waals surface area (Å²) in [6.07, 6.45) is 4.57. The first-order chi connectivity index (χ1) is 10.2. The van der Waals surface area contributed by atoms with Crippen molar-refractivity contribution in [3.63, 3.8) is 0 Å². The number of nitrogens with zero attached hydrogens (tertiary/aromatic N) is 2. The van der Waals surface area contributed by atoms with E-state index >= 15 is 0 Å². The molecular weight excluding hydrogens is 282 g/mol. The average Bonchev–Trinajstić information content (AvgIpc) is 2.39. The van der Waals surface area contributed by atoms with Crippen LogP contribution < -0.4 is 16.4 Å². The highest BCUT2D eigenvalue weighted by Crippen LogP contribution is 2.23. The van der Waals surface area contributed by atoms with E-state index in [0.717, 1.165) is 25.7 Å². The van der Waals surface area contributed by atoms with Crippen LogP contribution >= 0.6 is 0 Å². The third kappa shape index (κ3) is 4.56. The summed E-state index contributed by atoms with van der Waals surface area (Å²) in [6.45, 7) is 5.94. The van der Waals surface area contributed by atoms with E-state index in [1.165, 1.54) is 6.20 Å². The number of primary amides is 1. The van der Waals surface area contributed by atoms with Gasteiger partial charge in [0.2, 0.25) is 5.95 Å². The van der Waals surface area contributed by atoms with Crippen molar-refractivity contribution in [2.24, 2.45) is 5.73 Å². The van der Waals surface area contributed by atoms with Crippen LogP contribution in [0.1, 0.15) is 56.8 Å². The van der Waals surface area contributed by atoms with Gasteiger partial charge in [0, 0.05) is 17.8 Å². The molecule has 5 N–H and O–H groups in total. The molecule has 1 amide bonds. The Bertz CT molecular complexity index is 533. The quantitative estimate of drug-likeness (QED) is 0.670. The minimum atomic E-state index is -0.556. The molecule has 0 atom stereocenters. The Morgan fingerprint density at radius 3 is 2.50 bits per heavy atom. The van der Waals surface area contributed by atoms with E-state index in [9.17, 15) is 9.90 Å². The van der Waals surface area contributed by atoms with Gasteiger partial charge in [0.25, 0.3) is 5.91 Å². The van der Waals surface area contributed by atoms with Crippen LogP contribution in [0.2, 0.25) is 0 Å². The molecule has 1 saturated carbocycles. The third-order valence-corrected chi connectivity index (χ3v) is 3.58. The first kappa shape index (κ1) is 16.5. The number of nitrogens with one attached hydrogen (secondary N) is 2. The fraction of sp³-hybridized carbons (Fsp3) is 0.667. The van der Waals surface area contributed by atoms with Crippen molar-refractivity contribution in [1.82, 2.24) is 9.97 Å². The fourth-order valence-electron chi connectivity index (χ4n) is 2.48. The van der Waals surface area contributed by atoms with Gasteiger partial charge in [-0.3, -0.25) is 4.79 Å². The maximum absolute atomic E-state index is 11.5. The molecule has 0 unspecified atom stereocenters. The molecule has 0 aliphatic heterocycles. The Hall–Kier alpha value is -1.89. The van der Waals surface area contributed by atoms with Crippen LogP contribution in [0, 0.1) is 0 Å². The highest BCUT2D eigenvalue weighted by molar-refractivity contribution is 5.97. The molecule has 1 aliphatic rings. The molecule has 2 rings (SSSR count). The van der Waals surface area contributed by atoms with Gasteiger partial charge >= 0.3 is 0 Å². The zero-order chi connectivity index (χ0) is 16.3. The third-order valence-electron chi connectivity index (χ3n) is 3.58. The highest BCUT2D eigenvalue weighted by Gasteiger charge is 2.22. The molecule has 0 aromatic carbocycles. The number of aliphatic hydroxyl groups is 1. The summed E-state index contributed by atoms with van der Waals surface area (Å²) < 4.78 is 0. The second-order valence-electron chi connectivity index (χ2n) is 6.84. The molecule has 0 bridgehead atoms. The lowest BCUT2D eigenvalue weighted by Crippen LogP contribution is -2.31. The van der Waals surface area contributed by atoms with Gasteiger partial charge in [-0.25, -0.2) is 4.98 Å². The lowest BCUT2D eigenvalue weighted by Gasteiger charge is -2.27. The lowest BCUT2D eigenvalue weighted by atomic mass is 9.93. The molecule has 1 aliphatic carbocycles. The van der Waals surface area contributed by atoms with Crippen LogP contribution in [0.5, 0.6) is 0 Å². The first-order valence-electron chi connectivity index (χ1n) is 7.64. The Kier molecular flexibility index (Phi) is 4.85. The number of hydrogen-bond donors (Lipinski definition) is 4. The van der Waals surface area contributed by atoms with Gasteiger partial charge < -0.3 is 21.5 Å². The van der Waals surface area contributed by atoms with E-state index in [0.29, 0.717) is 11.8 Å². The Morgan fingerprint density at radius 2 is 1.95 bits per heavy atom. The van der Waals surface area contributed by atoms with Crippen molar-refractivity contribution in [1.29, 1.82) is 0 Å². The maximum Gasteiger partial charge on any atom is 0.254 e. The van der Waals surface area contributed by atoms with Crippen LogP contribution in [0.3, 0.4) is 0 Å². The summed E-state index contributed by atoms with van der Waals surface area (Å²) in [6, 6.07) is 0.241. The number of rotatable bonds is 4. The van der Waals surface area contributed by atoms with Crippen LogP contribution in [-0.4, -0.2) is 38.7 Å². The predicted molar refractivity (Wildman–Crippen MR) is 85.8 cm³/mol. The molecule has 0 radical (unpaired) electrons. The minimum absolute atomic E-state index is 0.200. The summed E-state index contributed by atoms with van der Waals surface area (Å²) in [5.41, 5.74) is 5.41. The number of carbonyl (C=O) groups is 1. The number of amides is 1. The minimum Gasteiger partial charge on any atom is -0.393 e. The lowest BCUT2D eigenvalue weighted by molar-refractivity contribution is 0.1000. The fourth-order valence-corrected chi connectivity index (χ4v) is 2.48. The largest absolute Gasteiger partial charge is 0.393 e. The van der Waals surface area contributed by atoms with Crippen molar-refractivity contribution in [2.75, 3.05) is 10.6 Å². The SMILES string of the molecule is CC(C)(C)Nc1nc(NC2CCC(O)CC2)ncc1C(N)=O. The molecular formula is C15H25N5O2. The molecule has 22 heavy (non-hydrogen) atoms. The van der Waals surface area contributed by atoms with Crippen LogP contribution in [0.25, 0.3) is 0 Å². The standard InChI is InChI=1S/C15H25N5O2/c1-15(2,3)20-13-11(12(16)22)8-17-14(19-13)18-9-4-6-10(21)7-5-9/h8-10,21H,4-7H2,1-3H3,(H2,16,22)(H2,17,18,19,20). The van der Waals surface area contributed by atoms with Gasteiger partial charge in [-0.2, -0.15) is 4.98 Å². The van der Waals surface area contributed by atoms with E-state index in [2.05, 4.69) is 20.6 Å². The zero-order valence-electron chi connectivity index (χ0n) is 13.4. The van der Waals surface area contributed by atoms with Gasteiger partial charge in [-0.05, 0) is 46.5 Å². The van der Waals surface area contributed by atoms with E-state index in [-0.39, 0.29) is 23.2 Å². The van der Waals surface area contributed by atoms with Gasteiger partial charge in [0.1, 0.15) is 5.82 Å². The zero-order valence-corrected chi connectivity index (χ0v) is 13.4. The molecule has 1 aromatic heterocycles. The molecule has 7 nitrogen and oxygen atoms in total. The second kappa shape index (κ2) is 6.48. The number of anilines is 2. The number of hydrogen-bond acceptors (Lipinski definition) is 6. The second-order valence-corrected chi connectivity index (χ2v) is 6.84. The molecule has 1 aromatic rings. The summed E-state index contributed by atoms with van der Waals surface area (Å²) in [5, 5.41) is 16.0. The summed E-state index contributed by atoms with van der Waals surface area (Å²) in [4.78, 5) is 20.1. The topological polar surface area (TPSA) is 113 Å². The van der Waals surface area contributed by atoms with E-state index in [1.54, 1.807) is 0 Å². The molecule has 7 heteroatoms. The molecule has 122 valence electrons. The van der Waals surface area contributed by atoms with E-state index in [4.69, 9.17) is 5.73 Å². The number of aromatic nitrogens is 2. The highest BCUT2D eigenvalue weighted by atomic mass is 16.3. The normalized spacial score (nSPS) is 22.2. The monoisotopic (exact) mass is 307 g/mol. The van der Waals surface area contributed by atoms with Crippen molar-refractivity contribution in [2.45, 2.75) is 64.1 Å². The molecule has 1 fully saturated rings. The summed E-state index contributed by atoms with van der Waals surface area (Å²) >= 11 is 0. The molecule has 0 saturated heterocycles. The Labute approximate surface area is 130 Å². The van der Waals surface area contributed by atoms with Gasteiger partial charge in [-0.15, -0.1) is 0 Å². The maximum atomic E-state index is 11.5. The van der Waals surface area contributed by atoms with E-state index < -0.39 is 5.91 Å². The van der Waals surface area contributed by atoms with Crippen molar-refractivity contribution in [3.8, 4) is 0 Å². The predicted octanol–water partition coefficient (Wildman–Crippen LogP) is 1.50. The average molecular weight is 307 g/mol. The van der Waals surface area contributed by atoms with Gasteiger partial charge in [0.15, 0.2) is 0 Å². The number of carbonyl (C=O) groups excluding carboxylic acids is 1. The van der Waals surface area contributed by atoms with Crippen LogP contribution in [0.15, 0.2) is 6.20 Å². The van der Waals surface area contributed by atoms with Crippen molar-refractivity contribution < 1.29 is 9.90 Å². The van der Waals surface area contributed by atoms with Crippen molar-refractivity contribution in [3.05, 3.63) is 11.8 Å². The van der Waals surface area contributed by atoms with E-state index in [1.807, 2.05) is 20.8 Å². The number of nitrogens with two attached hydrogens (primary N) is 1. The Morgan fingerprint density at radius 1 is 1.32 bits per heavy atom. The van der Waals surface area contributed by atoms with Crippen LogP contribution in [0.4, 0.5) is 11.8 Å². The van der Waals surface area contributed by atoms with Crippen LogP contribution in [-0.2, 0) is 0 Å². The van der Waals surface area contributed by atoms with Crippen molar-refractivity contribution >= 4 is 17.7 Å².